The summed E-state index contributed by atoms with van der Waals surface area (Å²) in [5, 5.41) is 9.87. The Hall–Kier alpha value is -1.14. The van der Waals surface area contributed by atoms with E-state index in [9.17, 15) is 5.11 Å². The number of nitrogens with zero attached hydrogens (tertiary/aromatic N) is 1. The van der Waals surface area contributed by atoms with Gasteiger partial charge in [0.15, 0.2) is 0 Å². The summed E-state index contributed by atoms with van der Waals surface area (Å²) in [6, 6.07) is 7.80. The lowest BCUT2D eigenvalue weighted by Crippen LogP contribution is -2.41. The van der Waals surface area contributed by atoms with E-state index < -0.39 is 6.10 Å². The van der Waals surface area contributed by atoms with E-state index in [-0.39, 0.29) is 12.1 Å². The molecule has 0 saturated carbocycles. The van der Waals surface area contributed by atoms with Gasteiger partial charge in [0.05, 0.1) is 19.8 Å². The number of hydrogen-bond acceptors (Lipinski definition) is 5. The van der Waals surface area contributed by atoms with Gasteiger partial charge in [-0.2, -0.15) is 0 Å². The number of ether oxygens (including phenoxy) is 2. The number of methoxy groups -OCH3 is 2. The molecule has 0 amide bonds. The van der Waals surface area contributed by atoms with Crippen LogP contribution in [-0.2, 0) is 4.74 Å². The molecule has 5 nitrogen and oxygen atoms in total. The van der Waals surface area contributed by atoms with E-state index in [1.807, 2.05) is 43.1 Å². The second kappa shape index (κ2) is 8.21. The fraction of sp³-hybridized carbons (Fsp3) is 0.600. The molecule has 5 heteroatoms. The molecule has 0 heterocycles. The van der Waals surface area contributed by atoms with Gasteiger partial charge in [0.25, 0.3) is 0 Å². The van der Waals surface area contributed by atoms with Crippen molar-refractivity contribution in [2.75, 3.05) is 34.4 Å². The van der Waals surface area contributed by atoms with Gasteiger partial charge in [-0.3, -0.25) is 4.90 Å². The predicted octanol–water partition coefficient (Wildman–Crippen LogP) is 1.02. The minimum atomic E-state index is -0.531. The maximum Gasteiger partial charge on any atom is 0.119 e. The molecule has 3 atom stereocenters. The lowest BCUT2D eigenvalue weighted by Gasteiger charge is -2.33. The SMILES string of the molecule is COCC(O)CN(C)C(c1cccc(OC)c1)C(C)N. The largest absolute Gasteiger partial charge is 0.497 e. The van der Waals surface area contributed by atoms with E-state index >= 15 is 0 Å². The summed E-state index contributed by atoms with van der Waals surface area (Å²) >= 11 is 0. The van der Waals surface area contributed by atoms with Crippen LogP contribution in [0.5, 0.6) is 5.75 Å². The van der Waals surface area contributed by atoms with Crippen molar-refractivity contribution in [2.24, 2.45) is 5.73 Å². The highest BCUT2D eigenvalue weighted by molar-refractivity contribution is 5.31. The van der Waals surface area contributed by atoms with Crippen molar-refractivity contribution in [1.82, 2.24) is 4.90 Å². The molecule has 3 N–H and O–H groups in total. The topological polar surface area (TPSA) is 68.0 Å². The number of likely N-dealkylation sites (N-methyl/N-ethyl adjacent to an activating group) is 1. The van der Waals surface area contributed by atoms with E-state index in [0.29, 0.717) is 13.2 Å². The van der Waals surface area contributed by atoms with E-state index in [0.717, 1.165) is 11.3 Å². The van der Waals surface area contributed by atoms with Gasteiger partial charge in [-0.25, -0.2) is 0 Å². The molecule has 0 aromatic heterocycles. The minimum Gasteiger partial charge on any atom is -0.497 e. The fourth-order valence-electron chi connectivity index (χ4n) is 2.48. The zero-order chi connectivity index (χ0) is 15.1. The molecule has 1 aromatic rings. The van der Waals surface area contributed by atoms with Crippen LogP contribution in [0.4, 0.5) is 0 Å². The van der Waals surface area contributed by atoms with Gasteiger partial charge in [-0.15, -0.1) is 0 Å². The van der Waals surface area contributed by atoms with E-state index in [2.05, 4.69) is 0 Å². The van der Waals surface area contributed by atoms with Crippen LogP contribution in [0.15, 0.2) is 24.3 Å². The quantitative estimate of drug-likeness (QED) is 0.745. The third-order valence-corrected chi connectivity index (χ3v) is 3.27. The van der Waals surface area contributed by atoms with Crippen molar-refractivity contribution in [3.05, 3.63) is 29.8 Å². The third-order valence-electron chi connectivity index (χ3n) is 3.27. The average molecular weight is 282 g/mol. The van der Waals surface area contributed by atoms with Crippen molar-refractivity contribution < 1.29 is 14.6 Å². The van der Waals surface area contributed by atoms with Crippen LogP contribution in [0, 0.1) is 0 Å². The van der Waals surface area contributed by atoms with Gasteiger partial charge in [0, 0.05) is 25.7 Å². The summed E-state index contributed by atoms with van der Waals surface area (Å²) in [5.41, 5.74) is 7.19. The second-order valence-corrected chi connectivity index (χ2v) is 5.13. The number of rotatable bonds is 8. The van der Waals surface area contributed by atoms with Gasteiger partial charge < -0.3 is 20.3 Å². The molecule has 0 aliphatic carbocycles. The molecule has 3 unspecified atom stereocenters. The first-order valence-corrected chi connectivity index (χ1v) is 6.76. The molecule has 1 aromatic carbocycles. The molecule has 0 aliphatic rings. The van der Waals surface area contributed by atoms with Gasteiger partial charge in [0.1, 0.15) is 5.75 Å². The summed E-state index contributed by atoms with van der Waals surface area (Å²) in [7, 11) is 5.17. The Morgan fingerprint density at radius 3 is 2.60 bits per heavy atom. The van der Waals surface area contributed by atoms with Gasteiger partial charge >= 0.3 is 0 Å². The van der Waals surface area contributed by atoms with Crippen LogP contribution >= 0.6 is 0 Å². The Morgan fingerprint density at radius 2 is 2.05 bits per heavy atom. The summed E-state index contributed by atoms with van der Waals surface area (Å²) in [5.74, 6) is 0.805. The average Bonchev–Trinajstić information content (AvgIpc) is 2.38. The monoisotopic (exact) mass is 282 g/mol. The van der Waals surface area contributed by atoms with Crippen LogP contribution in [-0.4, -0.2) is 56.6 Å². The first-order chi connectivity index (χ1) is 9.49. The lowest BCUT2D eigenvalue weighted by molar-refractivity contribution is 0.0317. The number of aliphatic hydroxyl groups is 1. The molecule has 0 spiro atoms. The molecule has 0 aliphatic heterocycles. The summed E-state index contributed by atoms with van der Waals surface area (Å²) < 4.78 is 10.2. The Balaban J connectivity index is 2.87. The molecule has 114 valence electrons. The molecule has 0 bridgehead atoms. The van der Waals surface area contributed by atoms with Gasteiger partial charge in [-0.05, 0) is 31.7 Å². The second-order valence-electron chi connectivity index (χ2n) is 5.13. The fourth-order valence-corrected chi connectivity index (χ4v) is 2.48. The molecule has 0 fully saturated rings. The van der Waals surface area contributed by atoms with Crippen molar-refractivity contribution in [3.63, 3.8) is 0 Å². The molecule has 0 saturated heterocycles. The Morgan fingerprint density at radius 1 is 1.35 bits per heavy atom. The standard InChI is InChI=1S/C15H26N2O3/c1-11(16)15(17(2)9-13(18)10-19-3)12-6-5-7-14(8-12)20-4/h5-8,11,13,15,18H,9-10,16H2,1-4H3. The van der Waals surface area contributed by atoms with E-state index in [4.69, 9.17) is 15.2 Å². The number of hydrogen-bond donors (Lipinski definition) is 2. The maximum atomic E-state index is 9.87. The Kier molecular flexibility index (Phi) is 6.95. The summed E-state index contributed by atoms with van der Waals surface area (Å²) in [6.45, 7) is 2.77. The molecular weight excluding hydrogens is 256 g/mol. The molecule has 1 rings (SSSR count). The smallest absolute Gasteiger partial charge is 0.119 e. The molecule has 20 heavy (non-hydrogen) atoms. The highest BCUT2D eigenvalue weighted by Gasteiger charge is 2.23. The maximum absolute atomic E-state index is 9.87. The minimum absolute atomic E-state index is 0.0107. The van der Waals surface area contributed by atoms with Crippen molar-refractivity contribution >= 4 is 0 Å². The van der Waals surface area contributed by atoms with Gasteiger partial charge in [0.2, 0.25) is 0 Å². The van der Waals surface area contributed by atoms with Crippen molar-refractivity contribution in [3.8, 4) is 5.75 Å². The van der Waals surface area contributed by atoms with Crippen LogP contribution in [0.2, 0.25) is 0 Å². The highest BCUT2D eigenvalue weighted by Crippen LogP contribution is 2.25. The molecule has 0 radical (unpaired) electrons. The van der Waals surface area contributed by atoms with Crippen molar-refractivity contribution in [1.29, 1.82) is 0 Å². The predicted molar refractivity (Wildman–Crippen MR) is 79.9 cm³/mol. The van der Waals surface area contributed by atoms with Crippen molar-refractivity contribution in [2.45, 2.75) is 25.1 Å². The number of aliphatic hydroxyl groups excluding tert-OH is 1. The zero-order valence-electron chi connectivity index (χ0n) is 12.7. The first kappa shape index (κ1) is 16.9. The Labute approximate surface area is 121 Å². The molecular formula is C15H26N2O3. The number of benzene rings is 1. The zero-order valence-corrected chi connectivity index (χ0v) is 12.7. The number of nitrogens with two attached hydrogens (primary N) is 1. The summed E-state index contributed by atoms with van der Waals surface area (Å²) in [4.78, 5) is 2.04. The van der Waals surface area contributed by atoms with E-state index in [1.165, 1.54) is 0 Å². The van der Waals surface area contributed by atoms with Crippen LogP contribution < -0.4 is 10.5 Å². The van der Waals surface area contributed by atoms with Crippen LogP contribution in [0.3, 0.4) is 0 Å². The van der Waals surface area contributed by atoms with Gasteiger partial charge in [-0.1, -0.05) is 12.1 Å². The van der Waals surface area contributed by atoms with E-state index in [1.54, 1.807) is 14.2 Å². The lowest BCUT2D eigenvalue weighted by atomic mass is 9.99. The van der Waals surface area contributed by atoms with Crippen LogP contribution in [0.1, 0.15) is 18.5 Å². The normalized spacial score (nSPS) is 15.9. The summed E-state index contributed by atoms with van der Waals surface area (Å²) in [6.07, 6.45) is -0.531. The first-order valence-electron chi connectivity index (χ1n) is 6.76. The highest BCUT2D eigenvalue weighted by atomic mass is 16.5. The Bertz CT molecular complexity index is 398. The third kappa shape index (κ3) is 4.76. The van der Waals surface area contributed by atoms with Crippen LogP contribution in [0.25, 0.3) is 0 Å².